The molecule has 0 saturated heterocycles. The van der Waals surface area contributed by atoms with Crippen molar-refractivity contribution in [3.63, 3.8) is 0 Å². The molecule has 4 rings (SSSR count). The second kappa shape index (κ2) is 16.3. The molecule has 10 heteroatoms. The van der Waals surface area contributed by atoms with Crippen LogP contribution in [0.5, 0.6) is 5.75 Å². The molecule has 46 heavy (non-hydrogen) atoms. The van der Waals surface area contributed by atoms with Crippen LogP contribution >= 0.6 is 11.6 Å². The lowest BCUT2D eigenvalue weighted by molar-refractivity contribution is -0.140. The zero-order valence-electron chi connectivity index (χ0n) is 26.4. The number of halogens is 1. The first kappa shape index (κ1) is 34.5. The van der Waals surface area contributed by atoms with Crippen LogP contribution in [-0.2, 0) is 32.6 Å². The summed E-state index contributed by atoms with van der Waals surface area (Å²) >= 11 is 6.07. The number of ether oxygens (including phenoxy) is 1. The average molecular weight is 662 g/mol. The maximum atomic E-state index is 14.5. The molecule has 4 aromatic rings. The van der Waals surface area contributed by atoms with Gasteiger partial charge in [0, 0.05) is 24.5 Å². The molecule has 1 N–H and O–H groups in total. The number of aryl methyl sites for hydroxylation is 1. The molecule has 0 bridgehead atoms. The predicted molar refractivity (Wildman–Crippen MR) is 183 cm³/mol. The number of sulfonamides is 1. The van der Waals surface area contributed by atoms with E-state index in [0.717, 1.165) is 27.4 Å². The topological polar surface area (TPSA) is 96.0 Å². The number of benzene rings is 4. The molecule has 0 heterocycles. The van der Waals surface area contributed by atoms with Gasteiger partial charge >= 0.3 is 0 Å². The highest BCUT2D eigenvalue weighted by Gasteiger charge is 2.34. The molecule has 0 aliphatic heterocycles. The van der Waals surface area contributed by atoms with Crippen LogP contribution in [-0.4, -0.2) is 50.9 Å². The highest BCUT2D eigenvalue weighted by atomic mass is 35.5. The molecule has 0 spiro atoms. The molecule has 0 aliphatic carbocycles. The Balaban J connectivity index is 1.80. The molecule has 0 unspecified atom stereocenters. The van der Waals surface area contributed by atoms with Crippen molar-refractivity contribution < 1.29 is 22.7 Å². The highest BCUT2D eigenvalue weighted by Crippen LogP contribution is 2.28. The Labute approximate surface area is 277 Å². The van der Waals surface area contributed by atoms with Crippen LogP contribution in [0.15, 0.2) is 108 Å². The maximum absolute atomic E-state index is 14.5. The van der Waals surface area contributed by atoms with E-state index in [9.17, 15) is 18.0 Å². The van der Waals surface area contributed by atoms with Crippen molar-refractivity contribution in [1.82, 2.24) is 10.2 Å². The fraction of sp³-hybridized carbons (Fsp3) is 0.278. The van der Waals surface area contributed by atoms with Gasteiger partial charge in [0.05, 0.1) is 17.2 Å². The van der Waals surface area contributed by atoms with E-state index < -0.39 is 28.5 Å². The fourth-order valence-corrected chi connectivity index (χ4v) is 6.57. The first-order valence-electron chi connectivity index (χ1n) is 15.3. The summed E-state index contributed by atoms with van der Waals surface area (Å²) in [7, 11) is -4.24. The minimum absolute atomic E-state index is 0.0226. The first-order chi connectivity index (χ1) is 22.1. The number of anilines is 1. The van der Waals surface area contributed by atoms with Crippen molar-refractivity contribution in [3.8, 4) is 5.75 Å². The zero-order chi connectivity index (χ0) is 33.1. The van der Waals surface area contributed by atoms with Gasteiger partial charge in [0.25, 0.3) is 10.0 Å². The van der Waals surface area contributed by atoms with E-state index in [-0.39, 0.29) is 29.5 Å². The molecule has 242 valence electrons. The first-order valence-corrected chi connectivity index (χ1v) is 17.1. The minimum atomic E-state index is -4.24. The van der Waals surface area contributed by atoms with E-state index in [1.807, 2.05) is 75.4 Å². The number of hydrogen-bond donors (Lipinski definition) is 1. The lowest BCUT2D eigenvalue weighted by atomic mass is 10.0. The highest BCUT2D eigenvalue weighted by molar-refractivity contribution is 7.92. The summed E-state index contributed by atoms with van der Waals surface area (Å²) in [5.41, 5.74) is 2.95. The third-order valence-electron chi connectivity index (χ3n) is 7.54. The molecule has 4 aromatic carbocycles. The lowest BCUT2D eigenvalue weighted by Gasteiger charge is -2.34. The Morgan fingerprint density at radius 1 is 0.870 bits per heavy atom. The number of nitrogens with one attached hydrogen (secondary N) is 1. The van der Waals surface area contributed by atoms with Crippen molar-refractivity contribution in [1.29, 1.82) is 0 Å². The third kappa shape index (κ3) is 8.89. The molecular formula is C36H40ClN3O5S. The van der Waals surface area contributed by atoms with Crippen molar-refractivity contribution in [3.05, 3.63) is 125 Å². The van der Waals surface area contributed by atoms with Gasteiger partial charge in [0.1, 0.15) is 18.3 Å². The molecule has 1 atom stereocenters. The van der Waals surface area contributed by atoms with E-state index in [1.165, 1.54) is 29.2 Å². The second-order valence-electron chi connectivity index (χ2n) is 10.8. The Hall–Kier alpha value is -4.34. The van der Waals surface area contributed by atoms with E-state index in [2.05, 4.69) is 5.32 Å². The summed E-state index contributed by atoms with van der Waals surface area (Å²) < 4.78 is 35.0. The third-order valence-corrected chi connectivity index (χ3v) is 9.58. The lowest BCUT2D eigenvalue weighted by Crippen LogP contribution is -2.53. The molecular weight excluding hydrogens is 622 g/mol. The molecule has 8 nitrogen and oxygen atoms in total. The predicted octanol–water partition coefficient (Wildman–Crippen LogP) is 6.41. The van der Waals surface area contributed by atoms with E-state index >= 15 is 0 Å². The van der Waals surface area contributed by atoms with Crippen molar-refractivity contribution in [2.75, 3.05) is 24.0 Å². The fourth-order valence-electron chi connectivity index (χ4n) is 5.03. The number of rotatable bonds is 15. The SMILES string of the molecule is CCCNC(=O)[C@H](Cc1ccccc1)N(Cc1ccccc1C)C(=O)CN(c1ccc(OCC)cc1)S(=O)(=O)c1ccc(Cl)cc1. The Kier molecular flexibility index (Phi) is 12.2. The smallest absolute Gasteiger partial charge is 0.264 e. The molecule has 0 radical (unpaired) electrons. The quantitative estimate of drug-likeness (QED) is 0.159. The summed E-state index contributed by atoms with van der Waals surface area (Å²) in [6.45, 7) is 6.21. The molecule has 0 saturated carbocycles. The summed E-state index contributed by atoms with van der Waals surface area (Å²) in [5.74, 6) is -0.263. The van der Waals surface area contributed by atoms with Crippen LogP contribution in [0.25, 0.3) is 0 Å². The van der Waals surface area contributed by atoms with Crippen LogP contribution in [0.4, 0.5) is 5.69 Å². The van der Waals surface area contributed by atoms with Gasteiger partial charge in [0.15, 0.2) is 0 Å². The van der Waals surface area contributed by atoms with Crippen molar-refractivity contribution in [2.24, 2.45) is 0 Å². The molecule has 0 aromatic heterocycles. The maximum Gasteiger partial charge on any atom is 0.264 e. The van der Waals surface area contributed by atoms with Crippen LogP contribution in [0.2, 0.25) is 5.02 Å². The van der Waals surface area contributed by atoms with Gasteiger partial charge in [-0.2, -0.15) is 0 Å². The van der Waals surface area contributed by atoms with Gasteiger partial charge < -0.3 is 15.0 Å². The molecule has 2 amide bonds. The largest absolute Gasteiger partial charge is 0.494 e. The number of amides is 2. The van der Waals surface area contributed by atoms with Crippen molar-refractivity contribution in [2.45, 2.75) is 51.1 Å². The summed E-state index contributed by atoms with van der Waals surface area (Å²) in [4.78, 5) is 29.8. The van der Waals surface area contributed by atoms with Crippen LogP contribution in [0, 0.1) is 6.92 Å². The normalized spacial score (nSPS) is 11.8. The Morgan fingerprint density at radius 3 is 2.15 bits per heavy atom. The number of carbonyl (C=O) groups excluding carboxylic acids is 2. The van der Waals surface area contributed by atoms with Crippen LogP contribution < -0.4 is 14.4 Å². The number of nitrogens with zero attached hydrogens (tertiary/aromatic N) is 2. The second-order valence-corrected chi connectivity index (χ2v) is 13.1. The summed E-state index contributed by atoms with van der Waals surface area (Å²) in [6.07, 6.45) is 0.974. The average Bonchev–Trinajstić information content (AvgIpc) is 3.06. The zero-order valence-corrected chi connectivity index (χ0v) is 27.9. The van der Waals surface area contributed by atoms with Gasteiger partial charge in [-0.05, 0) is 85.5 Å². The van der Waals surface area contributed by atoms with Gasteiger partial charge in [-0.25, -0.2) is 8.42 Å². The van der Waals surface area contributed by atoms with Gasteiger partial charge in [-0.1, -0.05) is 73.1 Å². The standard InChI is InChI=1S/C36H40ClN3O5S/c1-4-23-38-36(42)34(24-28-12-7-6-8-13-28)39(25-29-14-10-9-11-27(29)3)35(41)26-40(31-17-19-32(20-18-31)45-5-2)46(43,44)33-21-15-30(37)16-22-33/h6-22,34H,4-5,23-26H2,1-3H3,(H,38,42)/t34-/m0/s1. The number of hydrogen-bond acceptors (Lipinski definition) is 5. The monoisotopic (exact) mass is 661 g/mol. The summed E-state index contributed by atoms with van der Waals surface area (Å²) in [5, 5.41) is 3.35. The van der Waals surface area contributed by atoms with Gasteiger partial charge in [-0.3, -0.25) is 13.9 Å². The minimum Gasteiger partial charge on any atom is -0.494 e. The van der Waals surface area contributed by atoms with Gasteiger partial charge in [-0.15, -0.1) is 0 Å². The Morgan fingerprint density at radius 2 is 1.52 bits per heavy atom. The molecule has 0 aliphatic rings. The van der Waals surface area contributed by atoms with Crippen LogP contribution in [0.3, 0.4) is 0 Å². The van der Waals surface area contributed by atoms with E-state index in [1.54, 1.807) is 24.3 Å². The molecule has 0 fully saturated rings. The van der Waals surface area contributed by atoms with Crippen LogP contribution in [0.1, 0.15) is 37.0 Å². The van der Waals surface area contributed by atoms with Crippen molar-refractivity contribution >= 4 is 39.1 Å². The summed E-state index contributed by atoms with van der Waals surface area (Å²) in [6, 6.07) is 28.6. The van der Waals surface area contributed by atoms with E-state index in [0.29, 0.717) is 23.9 Å². The number of carbonyl (C=O) groups is 2. The Bertz CT molecular complexity index is 1700. The van der Waals surface area contributed by atoms with E-state index in [4.69, 9.17) is 16.3 Å². The van der Waals surface area contributed by atoms with Gasteiger partial charge in [0.2, 0.25) is 11.8 Å².